The number of likely N-dealkylation sites (tertiary alicyclic amines) is 1. The molecule has 4 fully saturated rings. The third-order valence-corrected chi connectivity index (χ3v) is 11.5. The summed E-state index contributed by atoms with van der Waals surface area (Å²) in [4.78, 5) is 28.7. The molecule has 0 aromatic heterocycles. The monoisotopic (exact) mass is 482 g/mol. The Morgan fingerprint density at radius 1 is 1.17 bits per heavy atom. The van der Waals surface area contributed by atoms with E-state index in [-0.39, 0.29) is 23.5 Å². The molecule has 3 saturated carbocycles. The molecule has 2 heterocycles. The number of aliphatic hydroxyl groups excluding tert-OH is 1. The second kappa shape index (κ2) is 8.36. The van der Waals surface area contributed by atoms with Crippen LogP contribution in [0.1, 0.15) is 71.6 Å². The van der Waals surface area contributed by atoms with Crippen LogP contribution in [0.4, 0.5) is 4.79 Å². The first kappa shape index (κ1) is 23.6. The summed E-state index contributed by atoms with van der Waals surface area (Å²) in [6.07, 6.45) is 14.1. The van der Waals surface area contributed by atoms with Crippen LogP contribution >= 0.6 is 0 Å². The number of nitrogens with zero attached hydrogens (tertiary/aromatic N) is 2. The lowest BCUT2D eigenvalue weighted by Gasteiger charge is -2.60. The van der Waals surface area contributed by atoms with Crippen LogP contribution in [0, 0.1) is 34.5 Å². The molecule has 0 aromatic carbocycles. The standard InChI is InChI=1S/C29H42N2O4/c1-28-11-8-20(30(3)27(34)31-13-10-21(32)16-31)15-19(28)4-5-22-24-7-6-23(18-14-26(33)35-17-18)29(24,2)12-9-25(22)28/h7,14,19-23,25,32H,4-6,8-13,15-17H2,1-3H3/t19-,20+,21+,22+,23-,25+,28+,29-/m1/s1. The van der Waals surface area contributed by atoms with Crippen LogP contribution in [-0.2, 0) is 9.53 Å². The Hall–Kier alpha value is -1.82. The zero-order chi connectivity index (χ0) is 24.5. The summed E-state index contributed by atoms with van der Waals surface area (Å²) in [7, 11) is 1.98. The summed E-state index contributed by atoms with van der Waals surface area (Å²) in [6.45, 7) is 6.65. The third kappa shape index (κ3) is 3.60. The molecule has 6 nitrogen and oxygen atoms in total. The van der Waals surface area contributed by atoms with E-state index in [0.29, 0.717) is 55.3 Å². The first-order valence-electron chi connectivity index (χ1n) is 14.0. The number of β-amino-alcohol motifs (C(OH)–C–C–N with tert-alkyl or cyclic N) is 1. The van der Waals surface area contributed by atoms with Gasteiger partial charge in [0.05, 0.1) is 6.10 Å². The van der Waals surface area contributed by atoms with Crippen LogP contribution in [0.5, 0.6) is 0 Å². The summed E-state index contributed by atoms with van der Waals surface area (Å²) in [5, 5.41) is 9.87. The number of allylic oxidation sites excluding steroid dienone is 2. The first-order valence-corrected chi connectivity index (χ1v) is 14.0. The van der Waals surface area contributed by atoms with Crippen LogP contribution < -0.4 is 0 Å². The fourth-order valence-corrected chi connectivity index (χ4v) is 9.36. The van der Waals surface area contributed by atoms with E-state index in [1.807, 2.05) is 16.8 Å². The fraction of sp³-hybridized carbons (Fsp3) is 0.793. The molecule has 1 N–H and O–H groups in total. The van der Waals surface area contributed by atoms with Gasteiger partial charge in [-0.1, -0.05) is 25.5 Å². The molecule has 2 aliphatic heterocycles. The van der Waals surface area contributed by atoms with Crippen molar-refractivity contribution in [3.8, 4) is 0 Å². The highest BCUT2D eigenvalue weighted by molar-refractivity contribution is 5.85. The van der Waals surface area contributed by atoms with Crippen molar-refractivity contribution in [3.05, 3.63) is 23.3 Å². The summed E-state index contributed by atoms with van der Waals surface area (Å²) >= 11 is 0. The molecular formula is C29H42N2O4. The normalized spacial score (nSPS) is 44.7. The van der Waals surface area contributed by atoms with E-state index in [4.69, 9.17) is 4.74 Å². The number of aliphatic hydroxyl groups is 1. The number of rotatable bonds is 2. The van der Waals surface area contributed by atoms with Crippen molar-refractivity contribution in [3.63, 3.8) is 0 Å². The van der Waals surface area contributed by atoms with E-state index >= 15 is 0 Å². The van der Waals surface area contributed by atoms with Gasteiger partial charge in [-0.15, -0.1) is 0 Å². The smallest absolute Gasteiger partial charge is 0.331 e. The van der Waals surface area contributed by atoms with Crippen molar-refractivity contribution in [2.75, 3.05) is 26.7 Å². The van der Waals surface area contributed by atoms with Crippen molar-refractivity contribution < 1.29 is 19.4 Å². The summed E-state index contributed by atoms with van der Waals surface area (Å²) < 4.78 is 5.28. The van der Waals surface area contributed by atoms with Gasteiger partial charge in [0, 0.05) is 32.3 Å². The Kier molecular flexibility index (Phi) is 5.63. The Bertz CT molecular complexity index is 974. The van der Waals surface area contributed by atoms with Crippen LogP contribution in [-0.4, -0.2) is 65.8 Å². The van der Waals surface area contributed by atoms with E-state index in [0.717, 1.165) is 25.2 Å². The number of esters is 1. The highest BCUT2D eigenvalue weighted by Gasteiger charge is 2.58. The summed E-state index contributed by atoms with van der Waals surface area (Å²) in [5.74, 6) is 2.33. The zero-order valence-corrected chi connectivity index (χ0v) is 21.7. The van der Waals surface area contributed by atoms with Gasteiger partial charge in [-0.2, -0.15) is 0 Å². The number of fused-ring (bicyclic) bond motifs is 5. The van der Waals surface area contributed by atoms with Gasteiger partial charge in [-0.05, 0) is 97.9 Å². The summed E-state index contributed by atoms with van der Waals surface area (Å²) in [6, 6.07) is 0.411. The quantitative estimate of drug-likeness (QED) is 0.464. The molecule has 6 heteroatoms. The van der Waals surface area contributed by atoms with Crippen molar-refractivity contribution in [2.24, 2.45) is 34.5 Å². The molecule has 0 radical (unpaired) electrons. The third-order valence-electron chi connectivity index (χ3n) is 11.5. The zero-order valence-electron chi connectivity index (χ0n) is 21.7. The number of carbonyl (C=O) groups excluding carboxylic acids is 2. The molecule has 4 aliphatic carbocycles. The van der Waals surface area contributed by atoms with Gasteiger partial charge in [-0.25, -0.2) is 9.59 Å². The highest BCUT2D eigenvalue weighted by atomic mass is 16.5. The average Bonchev–Trinajstić information content (AvgIpc) is 3.55. The molecule has 192 valence electrons. The summed E-state index contributed by atoms with van der Waals surface area (Å²) in [5.41, 5.74) is 3.41. The van der Waals surface area contributed by atoms with E-state index in [1.54, 1.807) is 11.6 Å². The molecule has 6 aliphatic rings. The molecule has 35 heavy (non-hydrogen) atoms. The Balaban J connectivity index is 1.16. The van der Waals surface area contributed by atoms with Gasteiger partial charge >= 0.3 is 12.0 Å². The number of ether oxygens (including phenoxy) is 1. The van der Waals surface area contributed by atoms with Gasteiger partial charge in [0.15, 0.2) is 0 Å². The number of cyclic esters (lactones) is 1. The Morgan fingerprint density at radius 2 is 2.00 bits per heavy atom. The maximum absolute atomic E-state index is 13.1. The Labute approximate surface area is 209 Å². The van der Waals surface area contributed by atoms with Crippen molar-refractivity contribution >= 4 is 12.0 Å². The van der Waals surface area contributed by atoms with E-state index in [2.05, 4.69) is 19.9 Å². The number of carbonyl (C=O) groups is 2. The highest BCUT2D eigenvalue weighted by Crippen LogP contribution is 2.66. The van der Waals surface area contributed by atoms with Gasteiger partial charge < -0.3 is 19.6 Å². The second-order valence-electron chi connectivity index (χ2n) is 12.9. The van der Waals surface area contributed by atoms with Gasteiger partial charge in [0.2, 0.25) is 0 Å². The van der Waals surface area contributed by atoms with Crippen LogP contribution in [0.15, 0.2) is 23.3 Å². The van der Waals surface area contributed by atoms with Gasteiger partial charge in [-0.3, -0.25) is 0 Å². The van der Waals surface area contributed by atoms with Crippen molar-refractivity contribution in [1.29, 1.82) is 0 Å². The molecule has 1 saturated heterocycles. The second-order valence-corrected chi connectivity index (χ2v) is 12.9. The minimum absolute atomic E-state index is 0.100. The predicted octanol–water partition coefficient (Wildman–Crippen LogP) is 4.54. The minimum atomic E-state index is -0.364. The number of amides is 2. The van der Waals surface area contributed by atoms with Crippen molar-refractivity contribution in [2.45, 2.75) is 83.8 Å². The van der Waals surface area contributed by atoms with Crippen LogP contribution in [0.2, 0.25) is 0 Å². The molecule has 0 unspecified atom stereocenters. The number of hydrogen-bond acceptors (Lipinski definition) is 4. The van der Waals surface area contributed by atoms with Crippen LogP contribution in [0.3, 0.4) is 0 Å². The average molecular weight is 483 g/mol. The predicted molar refractivity (Wildman–Crippen MR) is 133 cm³/mol. The maximum atomic E-state index is 13.1. The Morgan fingerprint density at radius 3 is 2.71 bits per heavy atom. The van der Waals surface area contributed by atoms with Crippen molar-refractivity contribution in [1.82, 2.24) is 9.80 Å². The lowest BCUT2D eigenvalue weighted by molar-refractivity contribution is -0.135. The molecule has 0 bridgehead atoms. The van der Waals surface area contributed by atoms with E-state index in [9.17, 15) is 14.7 Å². The topological polar surface area (TPSA) is 70.1 Å². The molecular weight excluding hydrogens is 440 g/mol. The fourth-order valence-electron chi connectivity index (χ4n) is 9.36. The molecule has 2 amide bonds. The molecule has 0 aromatic rings. The SMILES string of the molecule is CN(C(=O)N1CC[C@H](O)C1)[C@H]1CC[C@@]2(C)[C@H](CC[C@H]3C4=CC[C@H](C5=CC(=O)OC5)[C@@]4(C)CC[C@@H]32)C1. The van der Waals surface area contributed by atoms with Gasteiger partial charge in [0.25, 0.3) is 0 Å². The van der Waals surface area contributed by atoms with E-state index < -0.39 is 0 Å². The largest absolute Gasteiger partial charge is 0.458 e. The maximum Gasteiger partial charge on any atom is 0.331 e. The lowest BCUT2D eigenvalue weighted by atomic mass is 9.45. The van der Waals surface area contributed by atoms with E-state index in [1.165, 1.54) is 37.7 Å². The molecule has 8 atom stereocenters. The first-order chi connectivity index (χ1) is 16.7. The number of hydrogen-bond donors (Lipinski definition) is 1. The van der Waals surface area contributed by atoms with Crippen LogP contribution in [0.25, 0.3) is 0 Å². The van der Waals surface area contributed by atoms with Gasteiger partial charge in [0.1, 0.15) is 6.61 Å². The molecule has 0 spiro atoms. The minimum Gasteiger partial charge on any atom is -0.458 e. The lowest BCUT2D eigenvalue weighted by Crippen LogP contribution is -2.55. The molecule has 6 rings (SSSR count). The number of urea groups is 1.